The van der Waals surface area contributed by atoms with Crippen LogP contribution in [0.4, 0.5) is 5.69 Å². The number of aryl methyl sites for hydroxylation is 2. The van der Waals surface area contributed by atoms with Crippen LogP contribution < -0.4 is 4.90 Å². The first-order valence-corrected chi connectivity index (χ1v) is 8.55. The zero-order valence-electron chi connectivity index (χ0n) is 15.4. The molecule has 0 spiro atoms. The summed E-state index contributed by atoms with van der Waals surface area (Å²) in [4.78, 5) is 42.7. The molecule has 0 radical (unpaired) electrons. The second-order valence-electron chi connectivity index (χ2n) is 6.38. The zero-order valence-corrected chi connectivity index (χ0v) is 15.4. The Bertz CT molecular complexity index is 949. The number of amides is 2. The van der Waals surface area contributed by atoms with Gasteiger partial charge in [0.15, 0.2) is 0 Å². The van der Waals surface area contributed by atoms with Gasteiger partial charge in [-0.3, -0.25) is 19.4 Å². The molecule has 1 aliphatic rings. The van der Waals surface area contributed by atoms with Crippen molar-refractivity contribution in [1.29, 1.82) is 0 Å². The number of fused-ring (bicyclic) bond motifs is 1. The van der Waals surface area contributed by atoms with Crippen LogP contribution in [0.1, 0.15) is 33.0 Å². The molecular formula is C21H20N2O4. The van der Waals surface area contributed by atoms with E-state index in [4.69, 9.17) is 0 Å². The summed E-state index contributed by atoms with van der Waals surface area (Å²) in [6, 6.07) is 12.4. The molecule has 0 bridgehead atoms. The summed E-state index contributed by atoms with van der Waals surface area (Å²) in [6.45, 7) is 3.72. The second-order valence-corrected chi connectivity index (χ2v) is 6.38. The molecule has 0 unspecified atom stereocenters. The molecule has 2 aromatic carbocycles. The maximum absolute atomic E-state index is 13.1. The number of aliphatic imine (C=N–C) groups is 1. The van der Waals surface area contributed by atoms with Crippen LogP contribution in [0.3, 0.4) is 0 Å². The van der Waals surface area contributed by atoms with Crippen LogP contribution in [0, 0.1) is 13.8 Å². The van der Waals surface area contributed by atoms with Gasteiger partial charge >= 0.3 is 5.97 Å². The van der Waals surface area contributed by atoms with Crippen molar-refractivity contribution in [2.75, 3.05) is 18.6 Å². The van der Waals surface area contributed by atoms with Crippen LogP contribution >= 0.6 is 0 Å². The molecule has 1 aliphatic heterocycles. The summed E-state index contributed by atoms with van der Waals surface area (Å²) < 4.78 is 4.57. The molecule has 0 N–H and O–H groups in total. The first-order chi connectivity index (χ1) is 12.9. The number of carbonyl (C=O) groups excluding carboxylic acids is 3. The van der Waals surface area contributed by atoms with E-state index in [1.165, 1.54) is 18.2 Å². The third kappa shape index (κ3) is 3.51. The topological polar surface area (TPSA) is 76.0 Å². The molecule has 0 aliphatic carbocycles. The van der Waals surface area contributed by atoms with Gasteiger partial charge in [0.25, 0.3) is 5.91 Å². The average Bonchev–Trinajstić information content (AvgIpc) is 2.67. The van der Waals surface area contributed by atoms with Crippen LogP contribution in [0.2, 0.25) is 0 Å². The number of anilines is 1. The molecule has 0 fully saturated rings. The number of nitrogens with zero attached hydrogens (tertiary/aromatic N) is 2. The fourth-order valence-corrected chi connectivity index (χ4v) is 3.01. The minimum Gasteiger partial charge on any atom is -0.468 e. The lowest BCUT2D eigenvalue weighted by atomic mass is 9.88. The van der Waals surface area contributed by atoms with Gasteiger partial charge in [-0.25, -0.2) is 4.90 Å². The Balaban J connectivity index is 2.04. The van der Waals surface area contributed by atoms with Gasteiger partial charge in [0.1, 0.15) is 6.54 Å². The summed E-state index contributed by atoms with van der Waals surface area (Å²) in [5.74, 6) is -2.00. The van der Waals surface area contributed by atoms with Crippen molar-refractivity contribution < 1.29 is 19.1 Å². The number of rotatable bonds is 4. The largest absolute Gasteiger partial charge is 0.468 e. The lowest BCUT2D eigenvalue weighted by Gasteiger charge is -2.31. The highest BCUT2D eigenvalue weighted by molar-refractivity contribution is 6.29. The monoisotopic (exact) mass is 364 g/mol. The minimum atomic E-state index is -0.745. The van der Waals surface area contributed by atoms with Crippen LogP contribution in [0.15, 0.2) is 47.5 Å². The summed E-state index contributed by atoms with van der Waals surface area (Å²) in [6.07, 6.45) is 1.42. The van der Waals surface area contributed by atoms with Gasteiger partial charge in [0.05, 0.1) is 18.7 Å². The second kappa shape index (κ2) is 7.53. The van der Waals surface area contributed by atoms with E-state index in [1.54, 1.807) is 30.3 Å². The van der Waals surface area contributed by atoms with Crippen molar-refractivity contribution in [2.45, 2.75) is 19.8 Å². The Kier molecular flexibility index (Phi) is 5.16. The van der Waals surface area contributed by atoms with E-state index in [9.17, 15) is 14.4 Å². The van der Waals surface area contributed by atoms with Crippen molar-refractivity contribution in [3.05, 3.63) is 64.7 Å². The van der Waals surface area contributed by atoms with Gasteiger partial charge in [-0.15, -0.1) is 0 Å². The molecular weight excluding hydrogens is 344 g/mol. The van der Waals surface area contributed by atoms with Gasteiger partial charge in [0.2, 0.25) is 5.91 Å². The molecule has 138 valence electrons. The summed E-state index contributed by atoms with van der Waals surface area (Å²) in [5, 5.41) is 0. The van der Waals surface area contributed by atoms with Gasteiger partial charge in [-0.2, -0.15) is 0 Å². The zero-order chi connectivity index (χ0) is 19.6. The third-order valence-electron chi connectivity index (χ3n) is 4.67. The molecule has 6 heteroatoms. The highest BCUT2D eigenvalue weighted by atomic mass is 16.5. The number of ether oxygens (including phenoxy) is 1. The van der Waals surface area contributed by atoms with Gasteiger partial charge in [-0.1, -0.05) is 24.3 Å². The molecule has 2 aromatic rings. The maximum atomic E-state index is 13.1. The number of methoxy groups -OCH3 is 1. The predicted octanol–water partition coefficient (Wildman–Crippen LogP) is 2.82. The smallest absolute Gasteiger partial charge is 0.327 e. The maximum Gasteiger partial charge on any atom is 0.327 e. The number of hydrogen-bond acceptors (Lipinski definition) is 5. The van der Waals surface area contributed by atoms with Crippen molar-refractivity contribution in [3.63, 3.8) is 0 Å². The van der Waals surface area contributed by atoms with E-state index in [1.807, 2.05) is 26.0 Å². The van der Waals surface area contributed by atoms with Gasteiger partial charge < -0.3 is 4.74 Å². The van der Waals surface area contributed by atoms with E-state index in [2.05, 4.69) is 9.73 Å². The molecule has 1 heterocycles. The summed E-state index contributed by atoms with van der Waals surface area (Å²) >= 11 is 0. The van der Waals surface area contributed by atoms with E-state index >= 15 is 0 Å². The normalized spacial score (nSPS) is 16.6. The summed E-state index contributed by atoms with van der Waals surface area (Å²) in [5.41, 5.74) is 3.62. The van der Waals surface area contributed by atoms with E-state index in [-0.39, 0.29) is 12.5 Å². The standard InChI is InChI=1S/C21H20N2O4/c1-13-8-9-15(10-14(13)2)23-20(25)17-7-5-4-6-16(17)18(21(23)26)11-22-12-19(24)27-3/h4-11,18H,12H2,1-3H3/t18-/m1/s1. The number of esters is 1. The van der Waals surface area contributed by atoms with Crippen molar-refractivity contribution in [2.24, 2.45) is 4.99 Å². The molecule has 6 nitrogen and oxygen atoms in total. The van der Waals surface area contributed by atoms with Crippen molar-refractivity contribution in [3.8, 4) is 0 Å². The highest BCUT2D eigenvalue weighted by Gasteiger charge is 2.38. The lowest BCUT2D eigenvalue weighted by Crippen LogP contribution is -2.45. The van der Waals surface area contributed by atoms with E-state index in [0.717, 1.165) is 11.1 Å². The third-order valence-corrected chi connectivity index (χ3v) is 4.67. The molecule has 0 aromatic heterocycles. The summed E-state index contributed by atoms with van der Waals surface area (Å²) in [7, 11) is 1.28. The van der Waals surface area contributed by atoms with E-state index < -0.39 is 17.8 Å². The number of benzene rings is 2. The lowest BCUT2D eigenvalue weighted by molar-refractivity contribution is -0.138. The predicted molar refractivity (Wildman–Crippen MR) is 102 cm³/mol. The molecule has 1 atom stereocenters. The molecule has 27 heavy (non-hydrogen) atoms. The fraction of sp³-hybridized carbons (Fsp3) is 0.238. The Labute approximate surface area is 157 Å². The Morgan fingerprint density at radius 2 is 1.89 bits per heavy atom. The number of hydrogen-bond donors (Lipinski definition) is 0. The fourth-order valence-electron chi connectivity index (χ4n) is 3.01. The minimum absolute atomic E-state index is 0.181. The van der Waals surface area contributed by atoms with Crippen LogP contribution in [-0.2, 0) is 14.3 Å². The number of imide groups is 1. The first-order valence-electron chi connectivity index (χ1n) is 8.55. The molecule has 2 amide bonds. The van der Waals surface area contributed by atoms with E-state index in [0.29, 0.717) is 16.8 Å². The number of carbonyl (C=O) groups is 3. The highest BCUT2D eigenvalue weighted by Crippen LogP contribution is 2.32. The first kappa shape index (κ1) is 18.5. The van der Waals surface area contributed by atoms with Crippen LogP contribution in [-0.4, -0.2) is 37.7 Å². The van der Waals surface area contributed by atoms with Crippen molar-refractivity contribution >= 4 is 29.7 Å². The van der Waals surface area contributed by atoms with Crippen molar-refractivity contribution in [1.82, 2.24) is 0 Å². The molecule has 0 saturated carbocycles. The van der Waals surface area contributed by atoms with Gasteiger partial charge in [-0.05, 0) is 48.7 Å². The Morgan fingerprint density at radius 3 is 2.59 bits per heavy atom. The SMILES string of the molecule is COC(=O)CN=C[C@H]1C(=O)N(c2ccc(C)c(C)c2)C(=O)c2ccccc21. The molecule has 3 rings (SSSR count). The Hall–Kier alpha value is -3.28. The Morgan fingerprint density at radius 1 is 1.15 bits per heavy atom. The van der Waals surface area contributed by atoms with Gasteiger partial charge in [0, 0.05) is 11.8 Å². The average molecular weight is 364 g/mol. The van der Waals surface area contributed by atoms with Crippen LogP contribution in [0.25, 0.3) is 0 Å². The quantitative estimate of drug-likeness (QED) is 0.475. The van der Waals surface area contributed by atoms with Crippen LogP contribution in [0.5, 0.6) is 0 Å². The molecule has 0 saturated heterocycles.